The molecule has 0 amide bonds. The van der Waals surface area contributed by atoms with Crippen molar-refractivity contribution in [3.05, 3.63) is 186 Å². The van der Waals surface area contributed by atoms with Crippen molar-refractivity contribution in [2.24, 2.45) is 17.8 Å². The Morgan fingerprint density at radius 2 is 0.917 bits per heavy atom. The molecule has 234 valence electrons. The van der Waals surface area contributed by atoms with Gasteiger partial charge in [0.15, 0.2) is 0 Å². The van der Waals surface area contributed by atoms with Crippen LogP contribution in [0.2, 0.25) is 0 Å². The highest BCUT2D eigenvalue weighted by Gasteiger charge is 2.51. The highest BCUT2D eigenvalue weighted by atomic mass is 15.0. The summed E-state index contributed by atoms with van der Waals surface area (Å²) in [5.74, 6) is 2.87. The fraction of sp³-hybridized carbons (Fsp3) is 0.234. The third-order valence-electron chi connectivity index (χ3n) is 12.5. The molecule has 4 aliphatic rings. The Labute approximate surface area is 283 Å². The molecule has 1 aromatic heterocycles. The number of aromatic nitrogens is 1. The standard InChI is InChI=1S/C47H41N/c1-4-12-37(13-5-1)47(38-14-6-2-7-15-38,39-16-8-3-9-17-39)40-22-25-45-43(29-40)42-18-10-11-19-44(42)48(45)41-23-20-36(21-24-41)46-30-33-26-34(31-46)28-35(27-33)32-46/h1-25,29,33-35H,26-28,30-32H2. The van der Waals surface area contributed by atoms with Crippen LogP contribution in [0.5, 0.6) is 0 Å². The van der Waals surface area contributed by atoms with E-state index in [1.165, 1.54) is 88.3 Å². The number of para-hydroxylation sites is 1. The second-order valence-corrected chi connectivity index (χ2v) is 15.2. The van der Waals surface area contributed by atoms with E-state index in [9.17, 15) is 0 Å². The van der Waals surface area contributed by atoms with E-state index in [0.717, 1.165) is 17.8 Å². The van der Waals surface area contributed by atoms with Gasteiger partial charge in [0.25, 0.3) is 0 Å². The van der Waals surface area contributed by atoms with Crippen molar-refractivity contribution in [3.63, 3.8) is 0 Å². The van der Waals surface area contributed by atoms with Crippen molar-refractivity contribution < 1.29 is 0 Å². The Morgan fingerprint density at radius 3 is 1.46 bits per heavy atom. The molecule has 0 N–H and O–H groups in total. The van der Waals surface area contributed by atoms with Crippen LogP contribution in [-0.4, -0.2) is 4.57 Å². The highest BCUT2D eigenvalue weighted by Crippen LogP contribution is 2.60. The Kier molecular flexibility index (Phi) is 6.35. The molecule has 0 aliphatic heterocycles. The maximum absolute atomic E-state index is 2.49. The van der Waals surface area contributed by atoms with E-state index in [1.54, 1.807) is 5.56 Å². The van der Waals surface area contributed by atoms with E-state index in [0.29, 0.717) is 5.41 Å². The van der Waals surface area contributed by atoms with Gasteiger partial charge >= 0.3 is 0 Å². The summed E-state index contributed by atoms with van der Waals surface area (Å²) in [5, 5.41) is 2.59. The van der Waals surface area contributed by atoms with Gasteiger partial charge in [0, 0.05) is 16.5 Å². The molecule has 7 aromatic rings. The molecule has 0 unspecified atom stereocenters. The van der Waals surface area contributed by atoms with E-state index >= 15 is 0 Å². The summed E-state index contributed by atoms with van der Waals surface area (Å²) in [4.78, 5) is 0. The zero-order valence-electron chi connectivity index (χ0n) is 27.4. The Balaban J connectivity index is 1.16. The molecule has 4 fully saturated rings. The molecule has 11 rings (SSSR count). The molecular weight excluding hydrogens is 579 g/mol. The summed E-state index contributed by atoms with van der Waals surface area (Å²) in [6.45, 7) is 0. The number of nitrogens with zero attached hydrogens (tertiary/aromatic N) is 1. The van der Waals surface area contributed by atoms with Gasteiger partial charge in [-0.05, 0) is 120 Å². The SMILES string of the molecule is c1ccc(C(c2ccccc2)(c2ccccc2)c2ccc3c(c2)c2ccccc2n3-c2ccc(C34CC5CC(CC(C5)C3)C4)cc2)cc1. The van der Waals surface area contributed by atoms with Crippen molar-refractivity contribution in [2.45, 2.75) is 49.4 Å². The molecule has 4 bridgehead atoms. The number of hydrogen-bond acceptors (Lipinski definition) is 0. The van der Waals surface area contributed by atoms with Gasteiger partial charge in [0.1, 0.15) is 0 Å². The van der Waals surface area contributed by atoms with Crippen LogP contribution in [-0.2, 0) is 10.8 Å². The molecule has 0 saturated heterocycles. The lowest BCUT2D eigenvalue weighted by Gasteiger charge is -2.57. The van der Waals surface area contributed by atoms with Crippen LogP contribution >= 0.6 is 0 Å². The monoisotopic (exact) mass is 619 g/mol. The summed E-state index contributed by atoms with van der Waals surface area (Å²) >= 11 is 0. The average Bonchev–Trinajstić information content (AvgIpc) is 3.47. The first-order chi connectivity index (χ1) is 23.7. The molecule has 1 nitrogen and oxygen atoms in total. The summed E-state index contributed by atoms with van der Waals surface area (Å²) in [6.07, 6.45) is 8.68. The zero-order chi connectivity index (χ0) is 31.7. The predicted molar refractivity (Wildman–Crippen MR) is 199 cm³/mol. The smallest absolute Gasteiger partial charge is 0.0701 e. The van der Waals surface area contributed by atoms with Crippen molar-refractivity contribution >= 4 is 21.8 Å². The molecule has 4 aliphatic carbocycles. The second-order valence-electron chi connectivity index (χ2n) is 15.2. The summed E-state index contributed by atoms with van der Waals surface area (Å²) in [6, 6.07) is 59.2. The molecule has 0 spiro atoms. The molecule has 6 aromatic carbocycles. The summed E-state index contributed by atoms with van der Waals surface area (Å²) in [5.41, 5.74) is 10.4. The van der Waals surface area contributed by atoms with Crippen molar-refractivity contribution in [1.82, 2.24) is 4.57 Å². The van der Waals surface area contributed by atoms with Crippen molar-refractivity contribution in [3.8, 4) is 5.69 Å². The van der Waals surface area contributed by atoms with Gasteiger partial charge in [-0.15, -0.1) is 0 Å². The van der Waals surface area contributed by atoms with Crippen LogP contribution in [0.25, 0.3) is 27.5 Å². The first-order valence-corrected chi connectivity index (χ1v) is 18.0. The van der Waals surface area contributed by atoms with Gasteiger partial charge in [-0.2, -0.15) is 0 Å². The van der Waals surface area contributed by atoms with Crippen LogP contribution < -0.4 is 0 Å². The Morgan fingerprint density at radius 1 is 0.438 bits per heavy atom. The maximum atomic E-state index is 2.49. The van der Waals surface area contributed by atoms with Crippen LogP contribution in [0.3, 0.4) is 0 Å². The van der Waals surface area contributed by atoms with E-state index in [1.807, 2.05) is 0 Å². The minimum atomic E-state index is -0.472. The third-order valence-corrected chi connectivity index (χ3v) is 12.5. The van der Waals surface area contributed by atoms with Gasteiger partial charge in [-0.25, -0.2) is 0 Å². The first kappa shape index (κ1) is 28.2. The lowest BCUT2D eigenvalue weighted by molar-refractivity contribution is -0.00518. The molecule has 48 heavy (non-hydrogen) atoms. The number of benzene rings is 6. The topological polar surface area (TPSA) is 4.93 Å². The van der Waals surface area contributed by atoms with Gasteiger partial charge < -0.3 is 4.57 Å². The minimum absolute atomic E-state index is 0.415. The number of hydrogen-bond donors (Lipinski definition) is 0. The maximum Gasteiger partial charge on any atom is 0.0701 e. The molecule has 0 atom stereocenters. The van der Waals surface area contributed by atoms with Crippen LogP contribution in [0, 0.1) is 17.8 Å². The normalized spacial score (nSPS) is 23.2. The van der Waals surface area contributed by atoms with E-state index in [-0.39, 0.29) is 0 Å². The first-order valence-electron chi connectivity index (χ1n) is 18.0. The molecular formula is C47H41N. The van der Waals surface area contributed by atoms with Crippen LogP contribution in [0.4, 0.5) is 0 Å². The molecule has 0 radical (unpaired) electrons. The van der Waals surface area contributed by atoms with Gasteiger partial charge in [-0.3, -0.25) is 0 Å². The van der Waals surface area contributed by atoms with E-state index in [2.05, 4.69) is 162 Å². The minimum Gasteiger partial charge on any atom is -0.309 e. The van der Waals surface area contributed by atoms with Crippen LogP contribution in [0.1, 0.15) is 66.3 Å². The van der Waals surface area contributed by atoms with Crippen LogP contribution in [0.15, 0.2) is 158 Å². The lowest BCUT2D eigenvalue weighted by atomic mass is 9.48. The Bertz CT molecular complexity index is 2110. The molecule has 4 saturated carbocycles. The predicted octanol–water partition coefficient (Wildman–Crippen LogP) is 11.6. The number of fused-ring (bicyclic) bond motifs is 3. The van der Waals surface area contributed by atoms with Crippen molar-refractivity contribution in [1.29, 1.82) is 0 Å². The quantitative estimate of drug-likeness (QED) is 0.163. The fourth-order valence-corrected chi connectivity index (χ4v) is 11.0. The lowest BCUT2D eigenvalue weighted by Crippen LogP contribution is -2.48. The van der Waals surface area contributed by atoms with Gasteiger partial charge in [-0.1, -0.05) is 127 Å². The van der Waals surface area contributed by atoms with Crippen molar-refractivity contribution in [2.75, 3.05) is 0 Å². The van der Waals surface area contributed by atoms with E-state index in [4.69, 9.17) is 0 Å². The van der Waals surface area contributed by atoms with E-state index < -0.39 is 5.41 Å². The summed E-state index contributed by atoms with van der Waals surface area (Å²) < 4.78 is 2.49. The molecule has 1 heterocycles. The second kappa shape index (κ2) is 10.8. The number of rotatable bonds is 6. The summed E-state index contributed by atoms with van der Waals surface area (Å²) in [7, 11) is 0. The largest absolute Gasteiger partial charge is 0.309 e. The van der Waals surface area contributed by atoms with Gasteiger partial charge in [0.05, 0.1) is 16.4 Å². The zero-order valence-corrected chi connectivity index (χ0v) is 27.4. The fourth-order valence-electron chi connectivity index (χ4n) is 11.0. The highest BCUT2D eigenvalue weighted by molar-refractivity contribution is 6.09. The molecule has 1 heteroatoms. The average molecular weight is 620 g/mol. The Hall–Kier alpha value is -4.88. The van der Waals surface area contributed by atoms with Gasteiger partial charge in [0.2, 0.25) is 0 Å². The third kappa shape index (κ3) is 4.16.